The first kappa shape index (κ1) is 17.6. The summed E-state index contributed by atoms with van der Waals surface area (Å²) in [7, 11) is 0. The summed E-state index contributed by atoms with van der Waals surface area (Å²) in [6.07, 6.45) is 6.31. The molecule has 2 aromatic heterocycles. The summed E-state index contributed by atoms with van der Waals surface area (Å²) in [6, 6.07) is 5.62. The molecule has 3 aromatic rings. The van der Waals surface area contributed by atoms with E-state index in [9.17, 15) is 0 Å². The average Bonchev–Trinajstić information content (AvgIpc) is 3.37. The van der Waals surface area contributed by atoms with Crippen LogP contribution in [-0.2, 0) is 0 Å². The van der Waals surface area contributed by atoms with Crippen LogP contribution in [0.5, 0.6) is 0 Å². The molecule has 1 aliphatic heterocycles. The van der Waals surface area contributed by atoms with Gasteiger partial charge in [-0.05, 0) is 36.3 Å². The normalized spacial score (nSPS) is 24.7. The lowest BCUT2D eigenvalue weighted by molar-refractivity contribution is 0.405. The van der Waals surface area contributed by atoms with Gasteiger partial charge in [0, 0.05) is 24.2 Å². The Kier molecular flexibility index (Phi) is 4.45. The molecule has 8 heteroatoms. The highest BCUT2D eigenvalue weighted by Crippen LogP contribution is 2.43. The Balaban J connectivity index is 1.48. The molecular formula is C19H19Cl2N5S. The van der Waals surface area contributed by atoms with Crippen LogP contribution in [0.15, 0.2) is 40.5 Å². The van der Waals surface area contributed by atoms with Crippen molar-refractivity contribution in [1.29, 1.82) is 0 Å². The van der Waals surface area contributed by atoms with E-state index in [1.54, 1.807) is 12.4 Å². The monoisotopic (exact) mass is 419 g/mol. The van der Waals surface area contributed by atoms with Gasteiger partial charge in [-0.15, -0.1) is 10.2 Å². The average molecular weight is 420 g/mol. The molecule has 2 fully saturated rings. The molecular weight excluding hydrogens is 401 g/mol. The van der Waals surface area contributed by atoms with Crippen molar-refractivity contribution in [2.45, 2.75) is 29.6 Å². The van der Waals surface area contributed by atoms with E-state index < -0.39 is 0 Å². The number of aromatic nitrogens is 4. The molecule has 3 atom stereocenters. The highest BCUT2D eigenvalue weighted by Gasteiger charge is 2.41. The van der Waals surface area contributed by atoms with E-state index in [0.717, 1.165) is 52.2 Å². The van der Waals surface area contributed by atoms with E-state index in [1.165, 1.54) is 24.6 Å². The minimum atomic E-state index is 0.543. The van der Waals surface area contributed by atoms with Crippen molar-refractivity contribution in [3.05, 3.63) is 40.8 Å². The van der Waals surface area contributed by atoms with Crippen molar-refractivity contribution in [3.8, 4) is 0 Å². The van der Waals surface area contributed by atoms with Gasteiger partial charge < -0.3 is 4.90 Å². The van der Waals surface area contributed by atoms with Crippen molar-refractivity contribution in [2.75, 3.05) is 18.0 Å². The lowest BCUT2D eigenvalue weighted by atomic mass is 9.94. The molecule has 140 valence electrons. The second-order valence-corrected chi connectivity index (χ2v) is 9.35. The van der Waals surface area contributed by atoms with Gasteiger partial charge in [-0.3, -0.25) is 0 Å². The lowest BCUT2D eigenvalue weighted by Gasteiger charge is -2.20. The Morgan fingerprint density at radius 3 is 2.89 bits per heavy atom. The number of rotatable bonds is 3. The first-order valence-electron chi connectivity index (χ1n) is 9.17. The predicted molar refractivity (Wildman–Crippen MR) is 109 cm³/mol. The minimum absolute atomic E-state index is 0.543. The highest BCUT2D eigenvalue weighted by atomic mass is 35.5. The molecule has 2 aliphatic rings. The van der Waals surface area contributed by atoms with Crippen LogP contribution in [0, 0.1) is 17.8 Å². The quantitative estimate of drug-likeness (QED) is 0.593. The standard InChI is InChI=1S/C19H19Cl2N5S/c1-11-5-6-12-8-25(9-13(11)12)19-22-7-16(18-24-23-10-26(18)19)27-15-4-2-3-14(20)17(15)21/h2-4,7,10-13H,5-6,8-9H2,1H3/t11-,12?,13?/m1/s1. The van der Waals surface area contributed by atoms with Crippen LogP contribution in [0.25, 0.3) is 5.65 Å². The second kappa shape index (κ2) is 6.83. The fraction of sp³-hybridized carbons (Fsp3) is 0.421. The topological polar surface area (TPSA) is 46.3 Å². The fourth-order valence-electron chi connectivity index (χ4n) is 4.47. The van der Waals surface area contributed by atoms with Gasteiger partial charge in [0.05, 0.1) is 14.9 Å². The smallest absolute Gasteiger partial charge is 0.212 e. The summed E-state index contributed by atoms with van der Waals surface area (Å²) in [6.45, 7) is 4.52. The first-order valence-corrected chi connectivity index (χ1v) is 10.7. The number of hydrogen-bond acceptors (Lipinski definition) is 5. The van der Waals surface area contributed by atoms with Crippen molar-refractivity contribution < 1.29 is 0 Å². The molecule has 0 N–H and O–H groups in total. The number of fused-ring (bicyclic) bond motifs is 2. The van der Waals surface area contributed by atoms with Crippen LogP contribution in [0.1, 0.15) is 19.8 Å². The zero-order chi connectivity index (χ0) is 18.5. The van der Waals surface area contributed by atoms with E-state index in [1.807, 2.05) is 22.7 Å². The molecule has 27 heavy (non-hydrogen) atoms. The van der Waals surface area contributed by atoms with Crippen molar-refractivity contribution in [1.82, 2.24) is 19.6 Å². The largest absolute Gasteiger partial charge is 0.341 e. The molecule has 5 rings (SSSR count). The zero-order valence-corrected chi connectivity index (χ0v) is 17.2. The molecule has 1 saturated carbocycles. The van der Waals surface area contributed by atoms with Crippen molar-refractivity contribution >= 4 is 46.6 Å². The van der Waals surface area contributed by atoms with Crippen LogP contribution in [-0.4, -0.2) is 32.7 Å². The summed E-state index contributed by atoms with van der Waals surface area (Å²) < 4.78 is 1.99. The summed E-state index contributed by atoms with van der Waals surface area (Å²) in [4.78, 5) is 8.96. The third-order valence-electron chi connectivity index (χ3n) is 5.92. The highest BCUT2D eigenvalue weighted by molar-refractivity contribution is 7.99. The van der Waals surface area contributed by atoms with Gasteiger partial charge >= 0.3 is 0 Å². The molecule has 2 unspecified atom stereocenters. The minimum Gasteiger partial charge on any atom is -0.341 e. The summed E-state index contributed by atoms with van der Waals surface area (Å²) in [5.74, 6) is 3.29. The first-order chi connectivity index (χ1) is 13.1. The van der Waals surface area contributed by atoms with Crippen LogP contribution >= 0.6 is 35.0 Å². The van der Waals surface area contributed by atoms with Crippen LogP contribution in [0.3, 0.4) is 0 Å². The molecule has 0 radical (unpaired) electrons. The summed E-state index contributed by atoms with van der Waals surface area (Å²) in [5.41, 5.74) is 0.797. The molecule has 0 bridgehead atoms. The van der Waals surface area contributed by atoms with E-state index in [0.29, 0.717) is 10.0 Å². The number of benzene rings is 1. The summed E-state index contributed by atoms with van der Waals surface area (Å²) >= 11 is 14.0. The molecule has 1 aromatic carbocycles. The Morgan fingerprint density at radius 1 is 1.15 bits per heavy atom. The third-order valence-corrected chi connectivity index (χ3v) is 7.91. The second-order valence-electron chi connectivity index (χ2n) is 7.48. The van der Waals surface area contributed by atoms with Gasteiger partial charge in [-0.2, -0.15) is 0 Å². The summed E-state index contributed by atoms with van der Waals surface area (Å²) in [5, 5.41) is 9.56. The SMILES string of the molecule is C[C@@H]1CCC2CN(c3ncc(Sc4cccc(Cl)c4Cl)c4nncn34)CC21. The van der Waals surface area contributed by atoms with Crippen LogP contribution in [0.4, 0.5) is 5.95 Å². The molecule has 5 nitrogen and oxygen atoms in total. The molecule has 1 aliphatic carbocycles. The molecule has 1 saturated heterocycles. The van der Waals surface area contributed by atoms with Crippen molar-refractivity contribution in [2.24, 2.45) is 17.8 Å². The van der Waals surface area contributed by atoms with Gasteiger partial charge in [0.15, 0.2) is 5.65 Å². The molecule has 0 amide bonds. The maximum absolute atomic E-state index is 6.35. The van der Waals surface area contributed by atoms with Gasteiger partial charge in [0.2, 0.25) is 5.95 Å². The van der Waals surface area contributed by atoms with Crippen LogP contribution < -0.4 is 4.90 Å². The number of anilines is 1. The lowest BCUT2D eigenvalue weighted by Crippen LogP contribution is -2.25. The van der Waals surface area contributed by atoms with Gasteiger partial charge in [0.1, 0.15) is 6.33 Å². The Bertz CT molecular complexity index is 1010. The Labute approximate surface area is 172 Å². The molecule has 0 spiro atoms. The number of hydrogen-bond donors (Lipinski definition) is 0. The maximum Gasteiger partial charge on any atom is 0.212 e. The van der Waals surface area contributed by atoms with E-state index >= 15 is 0 Å². The van der Waals surface area contributed by atoms with Crippen molar-refractivity contribution in [3.63, 3.8) is 0 Å². The fourth-order valence-corrected chi connectivity index (χ4v) is 5.87. The van der Waals surface area contributed by atoms with E-state index in [4.69, 9.17) is 28.2 Å². The van der Waals surface area contributed by atoms with E-state index in [-0.39, 0.29) is 0 Å². The number of halogens is 2. The van der Waals surface area contributed by atoms with Crippen LogP contribution in [0.2, 0.25) is 10.0 Å². The predicted octanol–water partition coefficient (Wildman–Crippen LogP) is 5.06. The number of nitrogens with zero attached hydrogens (tertiary/aromatic N) is 5. The zero-order valence-electron chi connectivity index (χ0n) is 14.8. The Hall–Kier alpha value is -1.50. The van der Waals surface area contributed by atoms with E-state index in [2.05, 4.69) is 22.0 Å². The van der Waals surface area contributed by atoms with Gasteiger partial charge in [0.25, 0.3) is 0 Å². The third kappa shape index (κ3) is 2.98. The van der Waals surface area contributed by atoms with Gasteiger partial charge in [-0.25, -0.2) is 9.38 Å². The molecule has 3 heterocycles. The van der Waals surface area contributed by atoms with Gasteiger partial charge in [-0.1, -0.05) is 54.4 Å². The maximum atomic E-state index is 6.35. The Morgan fingerprint density at radius 2 is 2.04 bits per heavy atom.